The Balaban J connectivity index is 1.88. The number of aromatic nitrogens is 2. The molecule has 1 heterocycles. The van der Waals surface area contributed by atoms with Crippen LogP contribution in [0.2, 0.25) is 0 Å². The fraction of sp³-hybridized carbons (Fsp3) is 0.261. The van der Waals surface area contributed by atoms with Gasteiger partial charge in [0.25, 0.3) is 5.91 Å². The quantitative estimate of drug-likeness (QED) is 0.639. The molecule has 6 nitrogen and oxygen atoms in total. The van der Waals surface area contributed by atoms with E-state index in [9.17, 15) is 4.79 Å². The van der Waals surface area contributed by atoms with Crippen molar-refractivity contribution in [3.05, 3.63) is 77.6 Å². The summed E-state index contributed by atoms with van der Waals surface area (Å²) in [6.45, 7) is 6.38. The number of ether oxygens (including phenoxy) is 1. The molecule has 1 aromatic heterocycles. The molecule has 0 unspecified atom stereocenters. The number of aryl methyl sites for hydroxylation is 1. The van der Waals surface area contributed by atoms with Gasteiger partial charge in [-0.1, -0.05) is 42.5 Å². The van der Waals surface area contributed by atoms with Gasteiger partial charge < -0.3 is 15.0 Å². The minimum atomic E-state index is -0.127. The van der Waals surface area contributed by atoms with Crippen molar-refractivity contribution in [2.24, 2.45) is 0 Å². The van der Waals surface area contributed by atoms with Crippen LogP contribution in [0.15, 0.2) is 60.7 Å². The third-order valence-electron chi connectivity index (χ3n) is 4.51. The molecule has 0 spiro atoms. The summed E-state index contributed by atoms with van der Waals surface area (Å²) in [7, 11) is 1.61. The average Bonchev–Trinajstić information content (AvgIpc) is 2.72. The molecule has 0 atom stereocenters. The summed E-state index contributed by atoms with van der Waals surface area (Å²) >= 11 is 0. The third-order valence-corrected chi connectivity index (χ3v) is 4.51. The zero-order chi connectivity index (χ0) is 20.8. The number of anilines is 2. The van der Waals surface area contributed by atoms with E-state index in [0.717, 1.165) is 11.3 Å². The van der Waals surface area contributed by atoms with Crippen molar-refractivity contribution in [2.45, 2.75) is 33.4 Å². The van der Waals surface area contributed by atoms with Crippen LogP contribution >= 0.6 is 0 Å². The Morgan fingerprint density at radius 3 is 2.45 bits per heavy atom. The molecule has 29 heavy (non-hydrogen) atoms. The van der Waals surface area contributed by atoms with Crippen molar-refractivity contribution in [3.63, 3.8) is 0 Å². The largest absolute Gasteiger partial charge is 0.495 e. The van der Waals surface area contributed by atoms with Crippen LogP contribution < -0.4 is 10.1 Å². The monoisotopic (exact) mass is 390 g/mol. The predicted molar refractivity (Wildman–Crippen MR) is 114 cm³/mol. The van der Waals surface area contributed by atoms with E-state index in [4.69, 9.17) is 4.74 Å². The van der Waals surface area contributed by atoms with E-state index in [0.29, 0.717) is 29.6 Å². The molecule has 3 rings (SSSR count). The van der Waals surface area contributed by atoms with Gasteiger partial charge in [-0.2, -0.15) is 0 Å². The minimum Gasteiger partial charge on any atom is -0.495 e. The number of nitrogens with one attached hydrogen (secondary N) is 1. The van der Waals surface area contributed by atoms with E-state index in [1.54, 1.807) is 13.2 Å². The smallest absolute Gasteiger partial charge is 0.273 e. The van der Waals surface area contributed by atoms with E-state index < -0.39 is 0 Å². The number of rotatable bonds is 7. The number of para-hydroxylation sites is 2. The normalized spacial score (nSPS) is 10.7. The summed E-state index contributed by atoms with van der Waals surface area (Å²) in [5, 5.41) is 3.16. The first-order chi connectivity index (χ1) is 14.0. The van der Waals surface area contributed by atoms with Gasteiger partial charge in [-0.3, -0.25) is 4.79 Å². The highest BCUT2D eigenvalue weighted by Gasteiger charge is 2.21. The van der Waals surface area contributed by atoms with Crippen LogP contribution in [0.1, 0.15) is 35.6 Å². The van der Waals surface area contributed by atoms with E-state index in [1.165, 1.54) is 0 Å². The van der Waals surface area contributed by atoms with Crippen LogP contribution in [0.3, 0.4) is 0 Å². The second-order valence-electron chi connectivity index (χ2n) is 7.06. The lowest BCUT2D eigenvalue weighted by Crippen LogP contribution is -2.37. The number of carbonyl (C=O) groups excluding carboxylic acids is 1. The average molecular weight is 390 g/mol. The molecule has 0 saturated carbocycles. The van der Waals surface area contributed by atoms with Crippen molar-refractivity contribution in [3.8, 4) is 5.75 Å². The molecule has 2 aromatic carbocycles. The summed E-state index contributed by atoms with van der Waals surface area (Å²) in [6.07, 6.45) is 0. The molecule has 0 bridgehead atoms. The first-order valence-corrected chi connectivity index (χ1v) is 9.58. The Kier molecular flexibility index (Phi) is 6.44. The van der Waals surface area contributed by atoms with Gasteiger partial charge in [-0.05, 0) is 44.5 Å². The summed E-state index contributed by atoms with van der Waals surface area (Å²) in [5.41, 5.74) is 2.89. The molecule has 0 aliphatic rings. The maximum atomic E-state index is 13.3. The summed E-state index contributed by atoms with van der Waals surface area (Å²) in [4.78, 5) is 24.0. The fourth-order valence-electron chi connectivity index (χ4n) is 3.02. The summed E-state index contributed by atoms with van der Waals surface area (Å²) in [6, 6.07) is 19.2. The van der Waals surface area contributed by atoms with Crippen LogP contribution in [0.4, 0.5) is 11.6 Å². The van der Waals surface area contributed by atoms with Gasteiger partial charge in [0.15, 0.2) is 0 Å². The van der Waals surface area contributed by atoms with E-state index >= 15 is 0 Å². The zero-order valence-corrected chi connectivity index (χ0v) is 17.2. The highest BCUT2D eigenvalue weighted by atomic mass is 16.5. The lowest BCUT2D eigenvalue weighted by Gasteiger charge is -2.27. The maximum absolute atomic E-state index is 13.3. The van der Waals surface area contributed by atoms with E-state index in [-0.39, 0.29) is 11.9 Å². The lowest BCUT2D eigenvalue weighted by molar-refractivity contribution is 0.0684. The topological polar surface area (TPSA) is 67.3 Å². The lowest BCUT2D eigenvalue weighted by atomic mass is 10.1. The second-order valence-corrected chi connectivity index (χ2v) is 7.06. The predicted octanol–water partition coefficient (Wildman–Crippen LogP) is 4.59. The van der Waals surface area contributed by atoms with Crippen LogP contribution in [0, 0.1) is 6.92 Å². The fourth-order valence-corrected chi connectivity index (χ4v) is 3.02. The van der Waals surface area contributed by atoms with Gasteiger partial charge in [0, 0.05) is 18.3 Å². The standard InChI is InChI=1S/C23H26N4O2/c1-16(2)27(15-18-10-6-5-7-11-18)22(28)20-14-17(3)24-23(26-20)25-19-12-8-9-13-21(19)29-4/h5-14,16H,15H2,1-4H3,(H,24,25,26). The summed E-state index contributed by atoms with van der Waals surface area (Å²) < 4.78 is 5.37. The second kappa shape index (κ2) is 9.19. The van der Waals surface area contributed by atoms with Gasteiger partial charge in [-0.15, -0.1) is 0 Å². The molecule has 150 valence electrons. The first-order valence-electron chi connectivity index (χ1n) is 9.58. The van der Waals surface area contributed by atoms with Crippen LogP contribution in [0.5, 0.6) is 5.75 Å². The third kappa shape index (κ3) is 5.10. The molecule has 3 aromatic rings. The Morgan fingerprint density at radius 2 is 1.76 bits per heavy atom. The van der Waals surface area contributed by atoms with Crippen molar-refractivity contribution < 1.29 is 9.53 Å². The van der Waals surface area contributed by atoms with Crippen molar-refractivity contribution >= 4 is 17.5 Å². The molecular weight excluding hydrogens is 364 g/mol. The molecule has 0 aliphatic carbocycles. The van der Waals surface area contributed by atoms with Gasteiger partial charge in [0.2, 0.25) is 5.95 Å². The van der Waals surface area contributed by atoms with Crippen molar-refractivity contribution in [1.82, 2.24) is 14.9 Å². The van der Waals surface area contributed by atoms with E-state index in [1.807, 2.05) is 80.3 Å². The van der Waals surface area contributed by atoms with Gasteiger partial charge in [0.05, 0.1) is 12.8 Å². The Hall–Kier alpha value is -3.41. The SMILES string of the molecule is COc1ccccc1Nc1nc(C)cc(C(=O)N(Cc2ccccc2)C(C)C)n1. The van der Waals surface area contributed by atoms with Gasteiger partial charge in [-0.25, -0.2) is 9.97 Å². The molecule has 6 heteroatoms. The molecule has 0 saturated heterocycles. The van der Waals surface area contributed by atoms with Crippen LogP contribution in [-0.2, 0) is 6.54 Å². The number of methoxy groups -OCH3 is 1. The van der Waals surface area contributed by atoms with Gasteiger partial charge >= 0.3 is 0 Å². The van der Waals surface area contributed by atoms with Crippen molar-refractivity contribution in [1.29, 1.82) is 0 Å². The molecule has 0 fully saturated rings. The van der Waals surface area contributed by atoms with Crippen LogP contribution in [0.25, 0.3) is 0 Å². The maximum Gasteiger partial charge on any atom is 0.273 e. The summed E-state index contributed by atoms with van der Waals surface area (Å²) in [5.74, 6) is 0.914. The molecule has 1 N–H and O–H groups in total. The molecular formula is C23H26N4O2. The number of benzene rings is 2. The highest BCUT2D eigenvalue weighted by Crippen LogP contribution is 2.26. The Morgan fingerprint density at radius 1 is 1.07 bits per heavy atom. The van der Waals surface area contributed by atoms with Gasteiger partial charge in [0.1, 0.15) is 11.4 Å². The number of hydrogen-bond acceptors (Lipinski definition) is 5. The minimum absolute atomic E-state index is 0.0311. The van der Waals surface area contributed by atoms with E-state index in [2.05, 4.69) is 15.3 Å². The number of carbonyl (C=O) groups is 1. The molecule has 0 aliphatic heterocycles. The molecule has 0 radical (unpaired) electrons. The van der Waals surface area contributed by atoms with Crippen LogP contribution in [-0.4, -0.2) is 33.9 Å². The number of amides is 1. The number of nitrogens with zero attached hydrogens (tertiary/aromatic N) is 3. The Bertz CT molecular complexity index is 974. The first kappa shape index (κ1) is 20.3. The highest BCUT2D eigenvalue weighted by molar-refractivity contribution is 5.93. The Labute approximate surface area is 171 Å². The number of hydrogen-bond donors (Lipinski definition) is 1. The zero-order valence-electron chi connectivity index (χ0n) is 17.2. The van der Waals surface area contributed by atoms with Crippen molar-refractivity contribution in [2.75, 3.05) is 12.4 Å². The molecule has 1 amide bonds.